The van der Waals surface area contributed by atoms with Crippen molar-refractivity contribution >= 4 is 80.7 Å². The largest absolute Gasteiger partial charge is 0.356 e. The van der Waals surface area contributed by atoms with E-state index >= 15 is 0 Å². The van der Waals surface area contributed by atoms with E-state index in [1.54, 1.807) is 0 Å². The normalized spacial score (nSPS) is 13.8. The summed E-state index contributed by atoms with van der Waals surface area (Å²) in [6.45, 7) is 0.124. The monoisotopic (exact) mass is 384 g/mol. The van der Waals surface area contributed by atoms with E-state index in [0.29, 0.717) is 10.0 Å². The van der Waals surface area contributed by atoms with Gasteiger partial charge in [0, 0.05) is 44.9 Å². The predicted octanol–water partition coefficient (Wildman–Crippen LogP) is 4.30. The number of fused-ring (bicyclic) bond motifs is 4. The Morgan fingerprint density at radius 2 is 1.40 bits per heavy atom. The molecule has 0 radical (unpaired) electrons. The molecule has 2 aliphatic rings. The molecule has 0 aliphatic carbocycles. The Morgan fingerprint density at radius 3 is 2.20 bits per heavy atom. The highest BCUT2D eigenvalue weighted by Crippen LogP contribution is 2.36. The van der Waals surface area contributed by atoms with Gasteiger partial charge in [0.1, 0.15) is 0 Å². The molecule has 0 spiro atoms. The minimum absolute atomic E-state index is 0.124. The molecule has 5 rings (SSSR count). The zero-order valence-corrected chi connectivity index (χ0v) is 15.5. The van der Waals surface area contributed by atoms with E-state index in [4.69, 9.17) is 34.8 Å². The van der Waals surface area contributed by atoms with Gasteiger partial charge in [-0.2, -0.15) is 0 Å². The maximum Gasteiger partial charge on any atom is 0.252 e. The first-order valence-electron chi connectivity index (χ1n) is 7.96. The van der Waals surface area contributed by atoms with Crippen molar-refractivity contribution in [3.05, 3.63) is 63.6 Å². The van der Waals surface area contributed by atoms with Crippen LogP contribution in [0, 0.1) is 0 Å². The van der Waals surface area contributed by atoms with E-state index in [9.17, 15) is 0 Å². The highest BCUT2D eigenvalue weighted by Gasteiger charge is 2.39. The molecule has 2 aliphatic heterocycles. The molecule has 0 amide bonds. The van der Waals surface area contributed by atoms with Crippen LogP contribution in [-0.2, 0) is 0 Å². The highest BCUT2D eigenvalue weighted by molar-refractivity contribution is 7.00. The second-order valence-electron chi connectivity index (χ2n) is 6.44. The summed E-state index contributed by atoms with van der Waals surface area (Å²) in [6.07, 6.45) is 0. The molecule has 3 aromatic rings. The zero-order chi connectivity index (χ0) is 17.3. The summed E-state index contributed by atoms with van der Waals surface area (Å²) in [4.78, 5) is 2.16. The molecule has 25 heavy (non-hydrogen) atoms. The Hall–Kier alpha value is -1.81. The first-order valence-corrected chi connectivity index (χ1v) is 9.09. The number of benzene rings is 3. The third-order valence-corrected chi connectivity index (χ3v) is 5.72. The molecule has 6 heteroatoms. The lowest BCUT2D eigenvalue weighted by Crippen LogP contribution is -2.60. The number of rotatable bonds is 0. The molecule has 0 fully saturated rings. The summed E-state index contributed by atoms with van der Waals surface area (Å²) in [5, 5.41) is 5.63. The van der Waals surface area contributed by atoms with Crippen molar-refractivity contribution in [2.75, 3.05) is 17.3 Å². The number of nitrogens with zero attached hydrogens (tertiary/aromatic N) is 1. The predicted molar refractivity (Wildman–Crippen MR) is 110 cm³/mol. The van der Waals surface area contributed by atoms with Gasteiger partial charge in [-0.1, -0.05) is 46.9 Å². The Kier molecular flexibility index (Phi) is 3.30. The van der Waals surface area contributed by atoms with E-state index in [1.807, 2.05) is 36.4 Å². The molecular weight excluding hydrogens is 373 g/mol. The van der Waals surface area contributed by atoms with E-state index in [-0.39, 0.29) is 6.71 Å². The maximum absolute atomic E-state index is 6.40. The fraction of sp³-hybridized carbons (Fsp3) is 0.0526. The van der Waals surface area contributed by atoms with Gasteiger partial charge in [0.05, 0.1) is 0 Å². The van der Waals surface area contributed by atoms with Crippen LogP contribution in [-0.4, -0.2) is 13.8 Å². The molecule has 0 saturated heterocycles. The van der Waals surface area contributed by atoms with Crippen LogP contribution in [0.4, 0.5) is 22.7 Å². The lowest BCUT2D eigenvalue weighted by Gasteiger charge is -2.39. The number of anilines is 4. The van der Waals surface area contributed by atoms with Crippen LogP contribution < -0.4 is 26.6 Å². The Balaban J connectivity index is 1.88. The molecule has 0 bridgehead atoms. The fourth-order valence-corrected chi connectivity index (χ4v) is 4.53. The molecule has 2 nitrogen and oxygen atoms in total. The fourth-order valence-electron chi connectivity index (χ4n) is 3.98. The van der Waals surface area contributed by atoms with Crippen molar-refractivity contribution in [3.63, 3.8) is 0 Å². The van der Waals surface area contributed by atoms with E-state index < -0.39 is 0 Å². The standard InChI is InChI=1S/C19H12BCl3N2/c1-25-17-8-11(22)3-5-14(17)20-13-4-2-10(21)6-15(13)24-16-7-12(23)9-18(25)19(16)20/h2-9,24H,1H3. The lowest BCUT2D eigenvalue weighted by atomic mass is 9.33. The minimum Gasteiger partial charge on any atom is -0.356 e. The molecular formula is C19H12BCl3N2. The summed E-state index contributed by atoms with van der Waals surface area (Å²) >= 11 is 18.9. The van der Waals surface area contributed by atoms with Gasteiger partial charge in [0.25, 0.3) is 6.71 Å². The molecule has 3 aromatic carbocycles. The molecule has 1 N–H and O–H groups in total. The van der Waals surface area contributed by atoms with Crippen molar-refractivity contribution in [1.82, 2.24) is 0 Å². The summed E-state index contributed by atoms with van der Waals surface area (Å²) in [7, 11) is 2.05. The van der Waals surface area contributed by atoms with Crippen LogP contribution in [0.15, 0.2) is 48.5 Å². The van der Waals surface area contributed by atoms with Gasteiger partial charge in [-0.3, -0.25) is 0 Å². The van der Waals surface area contributed by atoms with Gasteiger partial charge >= 0.3 is 0 Å². The van der Waals surface area contributed by atoms with Crippen molar-refractivity contribution < 1.29 is 0 Å². The number of halogens is 3. The average molecular weight is 385 g/mol. The van der Waals surface area contributed by atoms with Crippen molar-refractivity contribution in [1.29, 1.82) is 0 Å². The van der Waals surface area contributed by atoms with E-state index in [0.717, 1.165) is 27.8 Å². The van der Waals surface area contributed by atoms with Gasteiger partial charge in [-0.15, -0.1) is 0 Å². The third kappa shape index (κ3) is 2.20. The number of hydrogen-bond donors (Lipinski definition) is 1. The van der Waals surface area contributed by atoms with Crippen LogP contribution in [0.5, 0.6) is 0 Å². The third-order valence-electron chi connectivity index (χ3n) is 5.03. The quantitative estimate of drug-likeness (QED) is 0.454. The Bertz CT molecular complexity index is 1050. The summed E-state index contributed by atoms with van der Waals surface area (Å²) in [5.41, 5.74) is 7.90. The summed E-state index contributed by atoms with van der Waals surface area (Å²) < 4.78 is 0. The van der Waals surface area contributed by atoms with Crippen LogP contribution >= 0.6 is 34.8 Å². The van der Waals surface area contributed by atoms with Crippen molar-refractivity contribution in [2.45, 2.75) is 0 Å². The topological polar surface area (TPSA) is 15.3 Å². The lowest BCUT2D eigenvalue weighted by molar-refractivity contribution is 1.22. The Morgan fingerprint density at radius 1 is 0.760 bits per heavy atom. The van der Waals surface area contributed by atoms with Crippen LogP contribution in [0.1, 0.15) is 0 Å². The number of nitrogens with one attached hydrogen (secondary N) is 1. The van der Waals surface area contributed by atoms with Gasteiger partial charge in [0.2, 0.25) is 0 Å². The maximum atomic E-state index is 6.40. The molecule has 0 aromatic heterocycles. The van der Waals surface area contributed by atoms with Gasteiger partial charge < -0.3 is 10.2 Å². The Labute approximate surface area is 161 Å². The highest BCUT2D eigenvalue weighted by atomic mass is 35.5. The van der Waals surface area contributed by atoms with Crippen molar-refractivity contribution in [2.24, 2.45) is 0 Å². The first-order chi connectivity index (χ1) is 12.0. The van der Waals surface area contributed by atoms with Gasteiger partial charge in [0.15, 0.2) is 0 Å². The van der Waals surface area contributed by atoms with Crippen LogP contribution in [0.2, 0.25) is 15.1 Å². The van der Waals surface area contributed by atoms with E-state index in [2.05, 4.69) is 29.4 Å². The second-order valence-corrected chi connectivity index (χ2v) is 7.75. The summed E-state index contributed by atoms with van der Waals surface area (Å²) in [6, 6.07) is 16.1. The number of hydrogen-bond acceptors (Lipinski definition) is 2. The van der Waals surface area contributed by atoms with Gasteiger partial charge in [-0.25, -0.2) is 0 Å². The van der Waals surface area contributed by atoms with Crippen LogP contribution in [0.3, 0.4) is 0 Å². The minimum atomic E-state index is 0.124. The van der Waals surface area contributed by atoms with Gasteiger partial charge in [-0.05, 0) is 52.8 Å². The van der Waals surface area contributed by atoms with E-state index in [1.165, 1.54) is 16.4 Å². The molecule has 0 unspecified atom stereocenters. The molecule has 122 valence electrons. The second kappa shape index (κ2) is 5.34. The molecule has 2 heterocycles. The first kappa shape index (κ1) is 15.4. The molecule has 0 saturated carbocycles. The molecule has 0 atom stereocenters. The zero-order valence-electron chi connectivity index (χ0n) is 13.3. The van der Waals surface area contributed by atoms with Crippen LogP contribution in [0.25, 0.3) is 0 Å². The van der Waals surface area contributed by atoms with Crippen molar-refractivity contribution in [3.8, 4) is 0 Å². The smallest absolute Gasteiger partial charge is 0.252 e. The average Bonchev–Trinajstić information content (AvgIpc) is 2.57. The summed E-state index contributed by atoms with van der Waals surface area (Å²) in [5.74, 6) is 0. The SMILES string of the molecule is CN1c2cc(Cl)ccc2B2c3ccc(Cl)cc3Nc3cc(Cl)cc1c32.